The summed E-state index contributed by atoms with van der Waals surface area (Å²) in [4.78, 5) is 14.4. The van der Waals surface area contributed by atoms with E-state index in [-0.39, 0.29) is 18.1 Å². The van der Waals surface area contributed by atoms with Gasteiger partial charge >= 0.3 is 0 Å². The van der Waals surface area contributed by atoms with E-state index >= 15 is 0 Å². The van der Waals surface area contributed by atoms with Crippen molar-refractivity contribution < 1.29 is 9.18 Å². The summed E-state index contributed by atoms with van der Waals surface area (Å²) in [6.07, 6.45) is 0. The predicted molar refractivity (Wildman–Crippen MR) is 54.5 cm³/mol. The van der Waals surface area contributed by atoms with Crippen LogP contribution in [0.15, 0.2) is 12.1 Å². The topological polar surface area (TPSA) is 42.0 Å². The Morgan fingerprint density at radius 1 is 1.60 bits per heavy atom. The van der Waals surface area contributed by atoms with E-state index in [1.54, 1.807) is 13.0 Å². The Morgan fingerprint density at radius 3 is 3.00 bits per heavy atom. The number of carbonyl (C=O) groups is 1. The molecule has 0 spiro atoms. The maximum Gasteiger partial charge on any atom is 0.217 e. The first-order valence-electron chi connectivity index (χ1n) is 4.46. The Balaban J connectivity index is 2.71. The third-order valence-corrected chi connectivity index (χ3v) is 1.62. The van der Waals surface area contributed by atoms with E-state index in [1.807, 2.05) is 0 Å². The molecule has 1 heterocycles. The van der Waals surface area contributed by atoms with Gasteiger partial charge in [0.05, 0.1) is 6.54 Å². The van der Waals surface area contributed by atoms with Gasteiger partial charge in [0.1, 0.15) is 5.69 Å². The minimum absolute atomic E-state index is 0.111. The van der Waals surface area contributed by atoms with Crippen LogP contribution in [-0.4, -0.2) is 17.4 Å². The second kappa shape index (κ2) is 5.11. The largest absolute Gasteiger partial charge is 0.345 e. The SMILES string of the molecule is CC(=O)NCC#Cc1nc(C)ccc1F. The zero-order valence-electron chi connectivity index (χ0n) is 8.60. The summed E-state index contributed by atoms with van der Waals surface area (Å²) in [5.74, 6) is 4.56. The fourth-order valence-electron chi connectivity index (χ4n) is 0.924. The highest BCUT2D eigenvalue weighted by Gasteiger charge is 1.99. The van der Waals surface area contributed by atoms with E-state index in [0.29, 0.717) is 5.69 Å². The van der Waals surface area contributed by atoms with E-state index < -0.39 is 5.82 Å². The summed E-state index contributed by atoms with van der Waals surface area (Å²) >= 11 is 0. The van der Waals surface area contributed by atoms with Crippen LogP contribution in [0.1, 0.15) is 18.3 Å². The van der Waals surface area contributed by atoms with Crippen molar-refractivity contribution >= 4 is 5.91 Å². The second-order valence-corrected chi connectivity index (χ2v) is 2.99. The molecule has 0 fully saturated rings. The first-order chi connectivity index (χ1) is 7.09. The third-order valence-electron chi connectivity index (χ3n) is 1.62. The zero-order valence-corrected chi connectivity index (χ0v) is 8.60. The van der Waals surface area contributed by atoms with E-state index in [4.69, 9.17) is 0 Å². The van der Waals surface area contributed by atoms with Crippen molar-refractivity contribution in [3.05, 3.63) is 29.3 Å². The van der Waals surface area contributed by atoms with Crippen LogP contribution in [0.4, 0.5) is 4.39 Å². The first kappa shape index (κ1) is 11.2. The molecule has 1 rings (SSSR count). The zero-order chi connectivity index (χ0) is 11.3. The van der Waals surface area contributed by atoms with Crippen LogP contribution in [0.25, 0.3) is 0 Å². The van der Waals surface area contributed by atoms with Crippen molar-refractivity contribution in [2.45, 2.75) is 13.8 Å². The van der Waals surface area contributed by atoms with E-state index in [2.05, 4.69) is 22.1 Å². The van der Waals surface area contributed by atoms with Crippen LogP contribution in [0.3, 0.4) is 0 Å². The van der Waals surface area contributed by atoms with Gasteiger partial charge in [0.2, 0.25) is 5.91 Å². The van der Waals surface area contributed by atoms with Gasteiger partial charge in [0, 0.05) is 12.6 Å². The molecule has 1 aromatic rings. The molecule has 0 aliphatic heterocycles. The van der Waals surface area contributed by atoms with Crippen LogP contribution in [-0.2, 0) is 4.79 Å². The second-order valence-electron chi connectivity index (χ2n) is 2.99. The Hall–Kier alpha value is -1.89. The van der Waals surface area contributed by atoms with Crippen LogP contribution < -0.4 is 5.32 Å². The average Bonchev–Trinajstić information content (AvgIpc) is 2.17. The lowest BCUT2D eigenvalue weighted by Gasteiger charge is -1.95. The molecular weight excluding hydrogens is 195 g/mol. The van der Waals surface area contributed by atoms with Gasteiger partial charge in [-0.15, -0.1) is 0 Å². The normalized spacial score (nSPS) is 9.00. The number of hydrogen-bond acceptors (Lipinski definition) is 2. The molecule has 0 saturated heterocycles. The number of aryl methyl sites for hydroxylation is 1. The number of amides is 1. The average molecular weight is 206 g/mol. The molecule has 15 heavy (non-hydrogen) atoms. The minimum atomic E-state index is -0.448. The molecule has 0 saturated carbocycles. The lowest BCUT2D eigenvalue weighted by atomic mass is 10.3. The lowest BCUT2D eigenvalue weighted by Crippen LogP contribution is -2.19. The van der Waals surface area contributed by atoms with Gasteiger partial charge in [0.15, 0.2) is 5.82 Å². The number of nitrogens with zero attached hydrogens (tertiary/aromatic N) is 1. The Bertz CT molecular complexity index is 432. The molecule has 0 aliphatic rings. The maximum atomic E-state index is 13.1. The highest BCUT2D eigenvalue weighted by Crippen LogP contribution is 2.03. The molecule has 0 atom stereocenters. The number of rotatable bonds is 1. The van der Waals surface area contributed by atoms with Crippen molar-refractivity contribution in [3.63, 3.8) is 0 Å². The Morgan fingerprint density at radius 2 is 2.33 bits per heavy atom. The number of halogens is 1. The fraction of sp³-hybridized carbons (Fsp3) is 0.273. The van der Waals surface area contributed by atoms with Crippen molar-refractivity contribution in [2.75, 3.05) is 6.54 Å². The highest BCUT2D eigenvalue weighted by atomic mass is 19.1. The molecule has 1 aromatic heterocycles. The van der Waals surface area contributed by atoms with Gasteiger partial charge in [-0.05, 0) is 25.0 Å². The molecule has 4 heteroatoms. The summed E-state index contributed by atoms with van der Waals surface area (Å²) < 4.78 is 13.1. The van der Waals surface area contributed by atoms with Crippen LogP contribution in [0.5, 0.6) is 0 Å². The number of carbonyl (C=O) groups excluding carboxylic acids is 1. The number of pyridine rings is 1. The van der Waals surface area contributed by atoms with Gasteiger partial charge in [-0.1, -0.05) is 5.92 Å². The minimum Gasteiger partial charge on any atom is -0.345 e. The summed E-state index contributed by atoms with van der Waals surface area (Å²) in [7, 11) is 0. The molecule has 0 aromatic carbocycles. The van der Waals surface area contributed by atoms with Crippen molar-refractivity contribution in [2.24, 2.45) is 0 Å². The quantitative estimate of drug-likeness (QED) is 0.697. The van der Waals surface area contributed by atoms with Crippen molar-refractivity contribution in [3.8, 4) is 11.8 Å². The third kappa shape index (κ3) is 3.77. The number of nitrogens with one attached hydrogen (secondary N) is 1. The predicted octanol–water partition coefficient (Wildman–Crippen LogP) is 1.02. The molecule has 3 nitrogen and oxygen atoms in total. The van der Waals surface area contributed by atoms with Gasteiger partial charge in [0.25, 0.3) is 0 Å². The maximum absolute atomic E-state index is 13.1. The van der Waals surface area contributed by atoms with Crippen molar-refractivity contribution in [1.29, 1.82) is 0 Å². The first-order valence-corrected chi connectivity index (χ1v) is 4.46. The monoisotopic (exact) mass is 206 g/mol. The standard InChI is InChI=1S/C11H11FN2O/c1-8-5-6-10(12)11(14-8)4-3-7-13-9(2)15/h5-6H,7H2,1-2H3,(H,13,15). The van der Waals surface area contributed by atoms with Gasteiger partial charge in [-0.3, -0.25) is 4.79 Å². The summed E-state index contributed by atoms with van der Waals surface area (Å²) in [6, 6.07) is 2.90. The molecule has 0 unspecified atom stereocenters. The van der Waals surface area contributed by atoms with E-state index in [0.717, 1.165) is 0 Å². The molecule has 1 N–H and O–H groups in total. The van der Waals surface area contributed by atoms with Gasteiger partial charge < -0.3 is 5.32 Å². The van der Waals surface area contributed by atoms with Gasteiger partial charge in [-0.25, -0.2) is 9.37 Å². The number of hydrogen-bond donors (Lipinski definition) is 1. The molecule has 0 radical (unpaired) electrons. The summed E-state index contributed by atoms with van der Waals surface area (Å²) in [6.45, 7) is 3.36. The smallest absolute Gasteiger partial charge is 0.217 e. The molecule has 78 valence electrons. The lowest BCUT2D eigenvalue weighted by molar-refractivity contribution is -0.118. The molecule has 0 bridgehead atoms. The molecule has 1 amide bonds. The fourth-order valence-corrected chi connectivity index (χ4v) is 0.924. The van der Waals surface area contributed by atoms with E-state index in [9.17, 15) is 9.18 Å². The molecular formula is C11H11FN2O. The van der Waals surface area contributed by atoms with Crippen LogP contribution in [0, 0.1) is 24.6 Å². The number of aromatic nitrogens is 1. The highest BCUT2D eigenvalue weighted by molar-refractivity contribution is 5.73. The Kier molecular flexibility index (Phi) is 3.81. The van der Waals surface area contributed by atoms with Gasteiger partial charge in [-0.2, -0.15) is 0 Å². The van der Waals surface area contributed by atoms with Crippen LogP contribution in [0.2, 0.25) is 0 Å². The summed E-state index contributed by atoms with van der Waals surface area (Å²) in [5.41, 5.74) is 0.820. The van der Waals surface area contributed by atoms with E-state index in [1.165, 1.54) is 13.0 Å². The van der Waals surface area contributed by atoms with Crippen molar-refractivity contribution in [1.82, 2.24) is 10.3 Å². The van der Waals surface area contributed by atoms with Crippen LogP contribution >= 0.6 is 0 Å². The Labute approximate surface area is 87.7 Å². The summed E-state index contributed by atoms with van der Waals surface area (Å²) in [5, 5.41) is 2.49. The molecule has 0 aliphatic carbocycles.